The number of carbonyl (C=O) groups excluding carboxylic acids is 1. The highest BCUT2D eigenvalue weighted by Crippen LogP contribution is 2.01. The van der Waals surface area contributed by atoms with E-state index in [1.54, 1.807) is 0 Å². The summed E-state index contributed by atoms with van der Waals surface area (Å²) >= 11 is 0. The minimum absolute atomic E-state index is 0.0955. The molecular formula is C12H22N2O3. The van der Waals surface area contributed by atoms with E-state index in [9.17, 15) is 9.59 Å². The van der Waals surface area contributed by atoms with Crippen LogP contribution < -0.4 is 10.6 Å². The summed E-state index contributed by atoms with van der Waals surface area (Å²) in [5, 5.41) is 14.0. The highest BCUT2D eigenvalue weighted by Gasteiger charge is 2.19. The minimum atomic E-state index is -1.05. The summed E-state index contributed by atoms with van der Waals surface area (Å²) < 4.78 is 0. The number of amides is 2. The molecule has 0 bridgehead atoms. The molecular weight excluding hydrogens is 220 g/mol. The van der Waals surface area contributed by atoms with Crippen LogP contribution in [0.1, 0.15) is 39.5 Å². The third-order valence-electron chi connectivity index (χ3n) is 2.47. The molecule has 0 radical (unpaired) electrons. The van der Waals surface area contributed by atoms with Gasteiger partial charge in [0.25, 0.3) is 0 Å². The molecule has 2 amide bonds. The van der Waals surface area contributed by atoms with E-state index in [4.69, 9.17) is 5.11 Å². The first-order valence-electron chi connectivity index (χ1n) is 5.95. The molecule has 0 heterocycles. The standard InChI is InChI=1S/C12H22N2O3/c1-4-7-9(6-3)13-12(17)14-10(8-5-2)11(15)16/h5,9-10H,2,4,6-8H2,1,3H3,(H,15,16)(H2,13,14,17). The van der Waals surface area contributed by atoms with Crippen molar-refractivity contribution in [1.29, 1.82) is 0 Å². The Kier molecular flexibility index (Phi) is 7.84. The molecule has 0 aliphatic carbocycles. The van der Waals surface area contributed by atoms with Gasteiger partial charge < -0.3 is 15.7 Å². The molecule has 0 aliphatic heterocycles. The van der Waals surface area contributed by atoms with Crippen molar-refractivity contribution in [3.05, 3.63) is 12.7 Å². The predicted molar refractivity (Wildman–Crippen MR) is 66.9 cm³/mol. The van der Waals surface area contributed by atoms with E-state index < -0.39 is 18.0 Å². The van der Waals surface area contributed by atoms with Crippen LogP contribution in [0.3, 0.4) is 0 Å². The number of hydrogen-bond acceptors (Lipinski definition) is 2. The number of hydrogen-bond donors (Lipinski definition) is 3. The topological polar surface area (TPSA) is 78.4 Å². The normalized spacial score (nSPS) is 13.5. The van der Waals surface area contributed by atoms with Gasteiger partial charge >= 0.3 is 12.0 Å². The molecule has 0 fully saturated rings. The number of rotatable bonds is 8. The van der Waals surface area contributed by atoms with Gasteiger partial charge in [-0.25, -0.2) is 9.59 Å². The Morgan fingerprint density at radius 1 is 1.35 bits per heavy atom. The van der Waals surface area contributed by atoms with Gasteiger partial charge in [-0.3, -0.25) is 0 Å². The molecule has 0 spiro atoms. The van der Waals surface area contributed by atoms with Crippen LogP contribution in [0.15, 0.2) is 12.7 Å². The molecule has 2 atom stereocenters. The van der Waals surface area contributed by atoms with Gasteiger partial charge in [-0.15, -0.1) is 6.58 Å². The lowest BCUT2D eigenvalue weighted by atomic mass is 10.1. The largest absolute Gasteiger partial charge is 0.480 e. The number of carboxylic acid groups (broad SMARTS) is 1. The van der Waals surface area contributed by atoms with Crippen molar-refractivity contribution in [3.63, 3.8) is 0 Å². The van der Waals surface area contributed by atoms with Crippen molar-refractivity contribution in [3.8, 4) is 0 Å². The molecule has 0 aromatic heterocycles. The fourth-order valence-electron chi connectivity index (χ4n) is 1.50. The van der Waals surface area contributed by atoms with Crippen LogP contribution in [0.5, 0.6) is 0 Å². The molecule has 17 heavy (non-hydrogen) atoms. The van der Waals surface area contributed by atoms with Crippen LogP contribution in [0, 0.1) is 0 Å². The molecule has 5 heteroatoms. The highest BCUT2D eigenvalue weighted by atomic mass is 16.4. The van der Waals surface area contributed by atoms with Gasteiger partial charge in [0.2, 0.25) is 0 Å². The maximum absolute atomic E-state index is 11.6. The van der Waals surface area contributed by atoms with Crippen LogP contribution in [-0.4, -0.2) is 29.2 Å². The van der Waals surface area contributed by atoms with E-state index >= 15 is 0 Å². The summed E-state index contributed by atoms with van der Waals surface area (Å²) in [5.41, 5.74) is 0. The van der Waals surface area contributed by atoms with Gasteiger partial charge in [-0.1, -0.05) is 26.3 Å². The van der Waals surface area contributed by atoms with Crippen LogP contribution >= 0.6 is 0 Å². The average Bonchev–Trinajstić information content (AvgIpc) is 2.27. The summed E-state index contributed by atoms with van der Waals surface area (Å²) in [7, 11) is 0. The molecule has 0 saturated heterocycles. The second kappa shape index (κ2) is 8.61. The lowest BCUT2D eigenvalue weighted by Gasteiger charge is -2.19. The van der Waals surface area contributed by atoms with E-state index in [0.29, 0.717) is 0 Å². The van der Waals surface area contributed by atoms with Crippen LogP contribution in [0.2, 0.25) is 0 Å². The first kappa shape index (κ1) is 15.5. The zero-order chi connectivity index (χ0) is 13.3. The molecule has 5 nitrogen and oxygen atoms in total. The fraction of sp³-hybridized carbons (Fsp3) is 0.667. The monoisotopic (exact) mass is 242 g/mol. The average molecular weight is 242 g/mol. The quantitative estimate of drug-likeness (QED) is 0.569. The number of carbonyl (C=O) groups is 2. The first-order chi connectivity index (χ1) is 8.04. The van der Waals surface area contributed by atoms with Gasteiger partial charge in [-0.2, -0.15) is 0 Å². The Balaban J connectivity index is 4.21. The summed E-state index contributed by atoms with van der Waals surface area (Å²) in [6, 6.07) is -1.25. The van der Waals surface area contributed by atoms with Crippen molar-refractivity contribution < 1.29 is 14.7 Å². The van der Waals surface area contributed by atoms with E-state index in [0.717, 1.165) is 19.3 Å². The zero-order valence-corrected chi connectivity index (χ0v) is 10.5. The Labute approximate surface area is 102 Å². The second-order valence-electron chi connectivity index (χ2n) is 3.93. The maximum atomic E-state index is 11.6. The second-order valence-corrected chi connectivity index (χ2v) is 3.93. The zero-order valence-electron chi connectivity index (χ0n) is 10.5. The Hall–Kier alpha value is -1.52. The van der Waals surface area contributed by atoms with E-state index in [1.807, 2.05) is 13.8 Å². The first-order valence-corrected chi connectivity index (χ1v) is 5.95. The molecule has 0 rings (SSSR count). The Bertz CT molecular complexity index is 266. The number of carboxylic acids is 1. The van der Waals surface area contributed by atoms with Gasteiger partial charge in [0.15, 0.2) is 0 Å². The third-order valence-corrected chi connectivity index (χ3v) is 2.47. The molecule has 98 valence electrons. The Morgan fingerprint density at radius 2 is 2.00 bits per heavy atom. The van der Waals surface area contributed by atoms with E-state index in [2.05, 4.69) is 17.2 Å². The fourth-order valence-corrected chi connectivity index (χ4v) is 1.50. The number of aliphatic carboxylic acids is 1. The molecule has 2 unspecified atom stereocenters. The van der Waals surface area contributed by atoms with E-state index in [-0.39, 0.29) is 12.5 Å². The van der Waals surface area contributed by atoms with Crippen molar-refractivity contribution in [1.82, 2.24) is 10.6 Å². The molecule has 0 aromatic rings. The minimum Gasteiger partial charge on any atom is -0.480 e. The van der Waals surface area contributed by atoms with Gasteiger partial charge in [0.05, 0.1) is 0 Å². The van der Waals surface area contributed by atoms with Crippen LogP contribution in [0.4, 0.5) is 4.79 Å². The van der Waals surface area contributed by atoms with Crippen LogP contribution in [0.25, 0.3) is 0 Å². The maximum Gasteiger partial charge on any atom is 0.326 e. The van der Waals surface area contributed by atoms with Crippen molar-refractivity contribution in [2.24, 2.45) is 0 Å². The summed E-state index contributed by atoms with van der Waals surface area (Å²) in [5.74, 6) is -1.05. The predicted octanol–water partition coefficient (Wildman–Crippen LogP) is 1.89. The van der Waals surface area contributed by atoms with Gasteiger partial charge in [0, 0.05) is 6.04 Å². The van der Waals surface area contributed by atoms with Gasteiger partial charge in [-0.05, 0) is 19.3 Å². The van der Waals surface area contributed by atoms with Gasteiger partial charge in [0.1, 0.15) is 6.04 Å². The summed E-state index contributed by atoms with van der Waals surface area (Å²) in [6.45, 7) is 7.49. The summed E-state index contributed by atoms with van der Waals surface area (Å²) in [6.07, 6.45) is 4.40. The summed E-state index contributed by atoms with van der Waals surface area (Å²) in [4.78, 5) is 22.4. The number of urea groups is 1. The van der Waals surface area contributed by atoms with Crippen molar-refractivity contribution in [2.75, 3.05) is 0 Å². The number of nitrogens with one attached hydrogen (secondary N) is 2. The Morgan fingerprint density at radius 3 is 2.41 bits per heavy atom. The third kappa shape index (κ3) is 6.60. The molecule has 0 aromatic carbocycles. The molecule has 0 aliphatic rings. The van der Waals surface area contributed by atoms with E-state index in [1.165, 1.54) is 6.08 Å². The molecule has 0 saturated carbocycles. The SMILES string of the molecule is C=CCC(NC(=O)NC(CC)CCC)C(=O)O. The van der Waals surface area contributed by atoms with Crippen LogP contribution in [-0.2, 0) is 4.79 Å². The highest BCUT2D eigenvalue weighted by molar-refractivity contribution is 5.82. The smallest absolute Gasteiger partial charge is 0.326 e. The lowest BCUT2D eigenvalue weighted by molar-refractivity contribution is -0.139. The lowest BCUT2D eigenvalue weighted by Crippen LogP contribution is -2.48. The van der Waals surface area contributed by atoms with Crippen molar-refractivity contribution >= 4 is 12.0 Å². The molecule has 3 N–H and O–H groups in total. The van der Waals surface area contributed by atoms with Crippen molar-refractivity contribution in [2.45, 2.75) is 51.6 Å².